The molecule has 28 heavy (non-hydrogen) atoms. The van der Waals surface area contributed by atoms with E-state index in [0.29, 0.717) is 40.1 Å². The number of rotatable bonds is 7. The number of benzene rings is 2. The molecule has 0 bridgehead atoms. The number of carbonyl (C=O) groups excluding carboxylic acids is 1. The normalized spacial score (nSPS) is 10.6. The lowest BCUT2D eigenvalue weighted by atomic mass is 10.1. The van der Waals surface area contributed by atoms with Gasteiger partial charge in [-0.15, -0.1) is 11.3 Å². The predicted molar refractivity (Wildman–Crippen MR) is 113 cm³/mol. The number of nitrogens with zero attached hydrogens (tertiary/aromatic N) is 1. The summed E-state index contributed by atoms with van der Waals surface area (Å²) in [7, 11) is 3.18. The zero-order chi connectivity index (χ0) is 20.1. The molecule has 0 spiro atoms. The van der Waals surface area contributed by atoms with Crippen LogP contribution in [-0.2, 0) is 6.42 Å². The summed E-state index contributed by atoms with van der Waals surface area (Å²) >= 11 is 7.36. The number of hydrogen-bond donors (Lipinski definition) is 1. The highest BCUT2D eigenvalue weighted by Crippen LogP contribution is 2.34. The average Bonchev–Trinajstić information content (AvgIpc) is 3.09. The van der Waals surface area contributed by atoms with Crippen LogP contribution in [0.5, 0.6) is 11.5 Å². The first-order valence-electron chi connectivity index (χ1n) is 8.74. The average molecular weight is 417 g/mol. The van der Waals surface area contributed by atoms with Crippen molar-refractivity contribution in [1.82, 2.24) is 10.3 Å². The molecule has 146 valence electrons. The maximum Gasteiger partial charge on any atom is 0.263 e. The van der Waals surface area contributed by atoms with Gasteiger partial charge < -0.3 is 14.8 Å². The molecule has 0 aliphatic heterocycles. The molecule has 1 heterocycles. The third-order valence-corrected chi connectivity index (χ3v) is 5.66. The quantitative estimate of drug-likeness (QED) is 0.603. The Morgan fingerprint density at radius 1 is 1.14 bits per heavy atom. The summed E-state index contributed by atoms with van der Waals surface area (Å²) < 4.78 is 10.6. The van der Waals surface area contributed by atoms with Crippen LogP contribution in [0.3, 0.4) is 0 Å². The molecule has 0 unspecified atom stereocenters. The Morgan fingerprint density at radius 3 is 2.64 bits per heavy atom. The number of methoxy groups -OCH3 is 2. The van der Waals surface area contributed by atoms with Crippen molar-refractivity contribution in [3.8, 4) is 22.1 Å². The van der Waals surface area contributed by atoms with Crippen LogP contribution in [0.4, 0.5) is 0 Å². The Kier molecular flexibility index (Phi) is 6.54. The van der Waals surface area contributed by atoms with E-state index in [1.165, 1.54) is 11.3 Å². The first-order chi connectivity index (χ1) is 13.5. The smallest absolute Gasteiger partial charge is 0.263 e. The first kappa shape index (κ1) is 20.2. The second kappa shape index (κ2) is 9.08. The van der Waals surface area contributed by atoms with Crippen molar-refractivity contribution in [3.05, 3.63) is 63.6 Å². The van der Waals surface area contributed by atoms with Crippen LogP contribution in [0.2, 0.25) is 5.02 Å². The molecule has 3 rings (SSSR count). The second-order valence-electron chi connectivity index (χ2n) is 6.14. The van der Waals surface area contributed by atoms with Gasteiger partial charge in [-0.1, -0.05) is 23.7 Å². The van der Waals surface area contributed by atoms with Gasteiger partial charge in [0.05, 0.1) is 19.9 Å². The van der Waals surface area contributed by atoms with E-state index in [9.17, 15) is 4.79 Å². The Labute approximate surface area is 173 Å². The highest BCUT2D eigenvalue weighted by Gasteiger charge is 2.17. The fraction of sp³-hybridized carbons (Fsp3) is 0.238. The maximum absolute atomic E-state index is 12.6. The van der Waals surface area contributed by atoms with E-state index in [1.54, 1.807) is 14.2 Å². The van der Waals surface area contributed by atoms with Crippen LogP contribution in [-0.4, -0.2) is 31.7 Å². The SMILES string of the molecule is COc1ccc(-c2nc(C)c(C(=O)NCCc3cccc(Cl)c3)s2)cc1OC. The highest BCUT2D eigenvalue weighted by atomic mass is 35.5. The van der Waals surface area contributed by atoms with E-state index in [1.807, 2.05) is 49.4 Å². The number of aromatic nitrogens is 1. The molecule has 0 radical (unpaired) electrons. The Morgan fingerprint density at radius 2 is 1.93 bits per heavy atom. The van der Waals surface area contributed by atoms with Gasteiger partial charge in [0.25, 0.3) is 5.91 Å². The van der Waals surface area contributed by atoms with Gasteiger partial charge in [-0.05, 0) is 49.2 Å². The number of thiazole rings is 1. The van der Waals surface area contributed by atoms with E-state index < -0.39 is 0 Å². The Balaban J connectivity index is 1.70. The van der Waals surface area contributed by atoms with Crippen molar-refractivity contribution >= 4 is 28.8 Å². The van der Waals surface area contributed by atoms with E-state index in [-0.39, 0.29) is 5.91 Å². The standard InChI is InChI=1S/C21H21ClN2O3S/c1-13-19(20(25)23-10-9-14-5-4-6-16(22)11-14)28-21(24-13)15-7-8-17(26-2)18(12-15)27-3/h4-8,11-12H,9-10H2,1-3H3,(H,23,25). The number of aryl methyl sites for hydroxylation is 1. The molecule has 1 amide bonds. The predicted octanol–water partition coefficient (Wildman–Crippen LogP) is 4.76. The van der Waals surface area contributed by atoms with E-state index >= 15 is 0 Å². The monoisotopic (exact) mass is 416 g/mol. The van der Waals surface area contributed by atoms with Crippen molar-refractivity contribution in [1.29, 1.82) is 0 Å². The van der Waals surface area contributed by atoms with Gasteiger partial charge in [0, 0.05) is 17.1 Å². The number of halogens is 1. The summed E-state index contributed by atoms with van der Waals surface area (Å²) in [5, 5.41) is 4.42. The van der Waals surface area contributed by atoms with Crippen LogP contribution in [0.1, 0.15) is 20.9 Å². The lowest BCUT2D eigenvalue weighted by Gasteiger charge is -2.08. The molecule has 0 atom stereocenters. The minimum absolute atomic E-state index is 0.122. The van der Waals surface area contributed by atoms with Crippen LogP contribution in [0.25, 0.3) is 10.6 Å². The zero-order valence-electron chi connectivity index (χ0n) is 15.9. The number of nitrogens with one attached hydrogen (secondary N) is 1. The molecule has 7 heteroatoms. The molecule has 0 fully saturated rings. The number of carbonyl (C=O) groups is 1. The van der Waals surface area contributed by atoms with Crippen LogP contribution in [0.15, 0.2) is 42.5 Å². The summed E-state index contributed by atoms with van der Waals surface area (Å²) in [6.45, 7) is 2.37. The van der Waals surface area contributed by atoms with Gasteiger partial charge in [0.1, 0.15) is 9.88 Å². The number of amides is 1. The van der Waals surface area contributed by atoms with Gasteiger partial charge >= 0.3 is 0 Å². The molecular formula is C21H21ClN2O3S. The van der Waals surface area contributed by atoms with Crippen LogP contribution < -0.4 is 14.8 Å². The van der Waals surface area contributed by atoms with E-state index in [0.717, 1.165) is 16.1 Å². The molecule has 0 aliphatic rings. The van der Waals surface area contributed by atoms with Gasteiger partial charge in [0.15, 0.2) is 11.5 Å². The number of hydrogen-bond acceptors (Lipinski definition) is 5. The second-order valence-corrected chi connectivity index (χ2v) is 7.57. The van der Waals surface area contributed by atoms with Gasteiger partial charge in [-0.3, -0.25) is 4.79 Å². The molecule has 3 aromatic rings. The zero-order valence-corrected chi connectivity index (χ0v) is 17.5. The van der Waals surface area contributed by atoms with Crippen LogP contribution >= 0.6 is 22.9 Å². The molecule has 5 nitrogen and oxygen atoms in total. The summed E-state index contributed by atoms with van der Waals surface area (Å²) in [6.07, 6.45) is 0.715. The Bertz CT molecular complexity index is 988. The minimum Gasteiger partial charge on any atom is -0.493 e. The van der Waals surface area contributed by atoms with Crippen molar-refractivity contribution in [3.63, 3.8) is 0 Å². The van der Waals surface area contributed by atoms with Crippen LogP contribution in [0, 0.1) is 6.92 Å². The molecule has 1 aromatic heterocycles. The molecule has 0 saturated carbocycles. The summed E-state index contributed by atoms with van der Waals surface area (Å²) in [5.41, 5.74) is 2.67. The molecule has 2 aromatic carbocycles. The summed E-state index contributed by atoms with van der Waals surface area (Å²) in [4.78, 5) is 17.7. The van der Waals surface area contributed by atoms with E-state index in [4.69, 9.17) is 21.1 Å². The third kappa shape index (κ3) is 4.64. The molecule has 0 aliphatic carbocycles. The lowest BCUT2D eigenvalue weighted by Crippen LogP contribution is -2.25. The summed E-state index contributed by atoms with van der Waals surface area (Å²) in [5.74, 6) is 1.16. The molecule has 0 saturated heterocycles. The van der Waals surface area contributed by atoms with Gasteiger partial charge in [-0.2, -0.15) is 0 Å². The first-order valence-corrected chi connectivity index (χ1v) is 9.93. The van der Waals surface area contributed by atoms with Crippen molar-refractivity contribution in [2.24, 2.45) is 0 Å². The lowest BCUT2D eigenvalue weighted by molar-refractivity contribution is 0.0957. The molecular weight excluding hydrogens is 396 g/mol. The topological polar surface area (TPSA) is 60.5 Å². The van der Waals surface area contributed by atoms with E-state index in [2.05, 4.69) is 10.3 Å². The third-order valence-electron chi connectivity index (χ3n) is 4.22. The largest absolute Gasteiger partial charge is 0.493 e. The summed E-state index contributed by atoms with van der Waals surface area (Å²) in [6, 6.07) is 13.2. The fourth-order valence-electron chi connectivity index (χ4n) is 2.79. The number of ether oxygens (including phenoxy) is 2. The maximum atomic E-state index is 12.6. The highest BCUT2D eigenvalue weighted by molar-refractivity contribution is 7.17. The van der Waals surface area contributed by atoms with Crippen molar-refractivity contribution in [2.75, 3.05) is 20.8 Å². The molecule has 1 N–H and O–H groups in total. The van der Waals surface area contributed by atoms with Gasteiger partial charge in [-0.25, -0.2) is 4.98 Å². The van der Waals surface area contributed by atoms with Gasteiger partial charge in [0.2, 0.25) is 0 Å². The minimum atomic E-state index is -0.122. The van der Waals surface area contributed by atoms with Crippen molar-refractivity contribution in [2.45, 2.75) is 13.3 Å². The van der Waals surface area contributed by atoms with Crippen molar-refractivity contribution < 1.29 is 14.3 Å². The Hall–Kier alpha value is -2.57. The fourth-order valence-corrected chi connectivity index (χ4v) is 3.98.